The maximum absolute atomic E-state index is 11.8. The van der Waals surface area contributed by atoms with Crippen LogP contribution in [0.15, 0.2) is 20.6 Å². The fourth-order valence-corrected chi connectivity index (χ4v) is 3.23. The van der Waals surface area contributed by atoms with Crippen molar-refractivity contribution in [3.8, 4) is 0 Å². The minimum absolute atomic E-state index is 0.139. The lowest BCUT2D eigenvalue weighted by atomic mass is 10.5. The summed E-state index contributed by atoms with van der Waals surface area (Å²) in [6, 6.07) is 0. The molecule has 0 saturated carbocycles. The molecule has 0 aliphatic carbocycles. The predicted molar refractivity (Wildman–Crippen MR) is 57.4 cm³/mol. The Morgan fingerprint density at radius 3 is 2.89 bits per heavy atom. The summed E-state index contributed by atoms with van der Waals surface area (Å²) in [5, 5.41) is 12.2. The monoisotopic (exact) mass is 290 g/mol. The van der Waals surface area contributed by atoms with Crippen LogP contribution in [-0.4, -0.2) is 34.6 Å². The first-order valence-electron chi connectivity index (χ1n) is 4.42. The van der Waals surface area contributed by atoms with E-state index < -0.39 is 21.7 Å². The lowest BCUT2D eigenvalue weighted by Crippen LogP contribution is -2.24. The third-order valence-electron chi connectivity index (χ3n) is 1.81. The van der Waals surface area contributed by atoms with E-state index in [2.05, 4.69) is 24.4 Å². The molecule has 0 aromatic carbocycles. The first-order chi connectivity index (χ1) is 8.50. The minimum Gasteiger partial charge on any atom is -0.476 e. The smallest absolute Gasteiger partial charge is 0.356 e. The zero-order chi connectivity index (χ0) is 13.2. The van der Waals surface area contributed by atoms with Crippen LogP contribution < -0.4 is 4.72 Å². The van der Waals surface area contributed by atoms with Gasteiger partial charge in [0.05, 0.1) is 12.1 Å². The highest BCUT2D eigenvalue weighted by Crippen LogP contribution is 2.19. The highest BCUT2D eigenvalue weighted by atomic mass is 32.2. The molecule has 0 aliphatic rings. The normalized spacial score (nSPS) is 11.6. The van der Waals surface area contributed by atoms with E-state index in [-0.39, 0.29) is 16.6 Å². The van der Waals surface area contributed by atoms with Crippen molar-refractivity contribution in [3.63, 3.8) is 0 Å². The molecule has 2 aromatic rings. The molecule has 0 radical (unpaired) electrons. The Labute approximate surface area is 105 Å². The summed E-state index contributed by atoms with van der Waals surface area (Å²) >= 11 is 0.715. The van der Waals surface area contributed by atoms with Gasteiger partial charge in [-0.3, -0.25) is 0 Å². The number of aromatic nitrogens is 3. The first kappa shape index (κ1) is 12.6. The van der Waals surface area contributed by atoms with Crippen molar-refractivity contribution in [2.75, 3.05) is 0 Å². The quantitative estimate of drug-likeness (QED) is 0.766. The highest BCUT2D eigenvalue weighted by Gasteiger charge is 2.25. The molecule has 0 amide bonds. The van der Waals surface area contributed by atoms with Crippen LogP contribution in [0.25, 0.3) is 0 Å². The molecule has 0 bridgehead atoms. The van der Waals surface area contributed by atoms with E-state index in [0.717, 1.165) is 11.9 Å². The van der Waals surface area contributed by atoms with Gasteiger partial charge in [0.1, 0.15) is 0 Å². The molecule has 0 fully saturated rings. The molecule has 0 saturated heterocycles. The van der Waals surface area contributed by atoms with Crippen LogP contribution in [0.3, 0.4) is 0 Å². The number of thiazole rings is 1. The third-order valence-corrected chi connectivity index (χ3v) is 4.58. The van der Waals surface area contributed by atoms with Gasteiger partial charge in [-0.2, -0.15) is 4.98 Å². The third kappa shape index (κ3) is 2.52. The number of nitrogens with one attached hydrogen (secondary N) is 1. The topological polar surface area (TPSA) is 135 Å². The molecule has 11 heteroatoms. The van der Waals surface area contributed by atoms with Crippen LogP contribution in [0.4, 0.5) is 0 Å². The van der Waals surface area contributed by atoms with Gasteiger partial charge < -0.3 is 9.63 Å². The van der Waals surface area contributed by atoms with Crippen LogP contribution in [0.2, 0.25) is 0 Å². The van der Waals surface area contributed by atoms with Crippen LogP contribution >= 0.6 is 11.3 Å². The zero-order valence-corrected chi connectivity index (χ0v) is 10.2. The van der Waals surface area contributed by atoms with Gasteiger partial charge in [-0.15, -0.1) is 11.3 Å². The largest absolute Gasteiger partial charge is 0.476 e. The molecule has 9 nitrogen and oxygen atoms in total. The van der Waals surface area contributed by atoms with Crippen molar-refractivity contribution in [2.24, 2.45) is 0 Å². The molecule has 18 heavy (non-hydrogen) atoms. The zero-order valence-electron chi connectivity index (χ0n) is 8.60. The van der Waals surface area contributed by atoms with Gasteiger partial charge in [0, 0.05) is 0 Å². The molecule has 96 valence electrons. The maximum Gasteiger partial charge on any atom is 0.356 e. The number of hydrogen-bond acceptors (Lipinski definition) is 8. The van der Waals surface area contributed by atoms with Gasteiger partial charge in [0.15, 0.2) is 15.7 Å². The van der Waals surface area contributed by atoms with Gasteiger partial charge in [-0.05, 0) is 0 Å². The van der Waals surface area contributed by atoms with E-state index in [0.29, 0.717) is 11.3 Å². The van der Waals surface area contributed by atoms with Gasteiger partial charge >= 0.3 is 5.97 Å². The standard InChI is InChI=1S/C7H6N4O5S2/c12-6(13)5-7(17-3-9-5)18(14,15)10-1-4-8-2-16-11-4/h2-3,10H,1H2,(H,12,13). The average molecular weight is 290 g/mol. The van der Waals surface area contributed by atoms with E-state index >= 15 is 0 Å². The SMILES string of the molecule is O=C(O)c1ncsc1S(=O)(=O)NCc1ncon1. The van der Waals surface area contributed by atoms with Crippen molar-refractivity contribution in [1.82, 2.24) is 19.8 Å². The number of carboxylic acid groups (broad SMARTS) is 1. The molecule has 0 unspecified atom stereocenters. The Morgan fingerprint density at radius 1 is 1.50 bits per heavy atom. The second kappa shape index (κ2) is 4.80. The minimum atomic E-state index is -3.97. The summed E-state index contributed by atoms with van der Waals surface area (Å²) in [5.41, 5.74) is 0.632. The molecule has 2 heterocycles. The van der Waals surface area contributed by atoms with E-state index in [1.54, 1.807) is 0 Å². The lowest BCUT2D eigenvalue weighted by molar-refractivity contribution is 0.0687. The van der Waals surface area contributed by atoms with Crippen molar-refractivity contribution < 1.29 is 22.8 Å². The second-order valence-corrected chi connectivity index (χ2v) is 5.78. The summed E-state index contributed by atoms with van der Waals surface area (Å²) in [6.45, 7) is -0.199. The number of carboxylic acids is 1. The molecule has 2 aromatic heterocycles. The van der Waals surface area contributed by atoms with Gasteiger partial charge in [-0.1, -0.05) is 5.16 Å². The summed E-state index contributed by atoms with van der Waals surface area (Å²) in [6.07, 6.45) is 1.05. The fourth-order valence-electron chi connectivity index (χ4n) is 1.06. The molecular weight excluding hydrogens is 284 g/mol. The highest BCUT2D eigenvalue weighted by molar-refractivity contribution is 7.91. The Hall–Kier alpha value is -1.85. The van der Waals surface area contributed by atoms with Crippen LogP contribution in [0.5, 0.6) is 0 Å². The first-order valence-corrected chi connectivity index (χ1v) is 6.78. The molecule has 2 N–H and O–H groups in total. The molecule has 0 atom stereocenters. The number of sulfonamides is 1. The van der Waals surface area contributed by atoms with Crippen LogP contribution in [-0.2, 0) is 16.6 Å². The second-order valence-electron chi connectivity index (χ2n) is 2.97. The Kier molecular flexibility index (Phi) is 3.36. The number of aromatic carboxylic acids is 1. The molecular formula is C7H6N4O5S2. The molecule has 0 spiro atoms. The fraction of sp³-hybridized carbons (Fsp3) is 0.143. The van der Waals surface area contributed by atoms with Crippen LogP contribution in [0, 0.1) is 0 Å². The Morgan fingerprint density at radius 2 is 2.28 bits per heavy atom. The van der Waals surface area contributed by atoms with E-state index in [1.165, 1.54) is 0 Å². The average Bonchev–Trinajstić information content (AvgIpc) is 2.98. The van der Waals surface area contributed by atoms with Gasteiger partial charge in [-0.25, -0.2) is 22.9 Å². The number of carbonyl (C=O) groups is 1. The van der Waals surface area contributed by atoms with E-state index in [4.69, 9.17) is 5.11 Å². The summed E-state index contributed by atoms with van der Waals surface area (Å²) in [7, 11) is -3.97. The lowest BCUT2D eigenvalue weighted by Gasteiger charge is -2.02. The van der Waals surface area contributed by atoms with Gasteiger partial charge in [0.2, 0.25) is 6.39 Å². The number of nitrogens with zero attached hydrogens (tertiary/aromatic N) is 3. The Bertz CT molecular complexity index is 647. The number of hydrogen-bond donors (Lipinski definition) is 2. The van der Waals surface area contributed by atoms with Crippen molar-refractivity contribution in [1.29, 1.82) is 0 Å². The van der Waals surface area contributed by atoms with Crippen molar-refractivity contribution in [2.45, 2.75) is 10.8 Å². The Balaban J connectivity index is 2.20. The van der Waals surface area contributed by atoms with E-state index in [9.17, 15) is 13.2 Å². The summed E-state index contributed by atoms with van der Waals surface area (Å²) in [4.78, 5) is 17.9. The van der Waals surface area contributed by atoms with Gasteiger partial charge in [0.25, 0.3) is 10.0 Å². The maximum atomic E-state index is 11.8. The number of rotatable bonds is 5. The molecule has 2 rings (SSSR count). The van der Waals surface area contributed by atoms with Crippen molar-refractivity contribution in [3.05, 3.63) is 23.4 Å². The van der Waals surface area contributed by atoms with Crippen molar-refractivity contribution >= 4 is 27.3 Å². The predicted octanol–water partition coefficient (Wildman–Crippen LogP) is -0.297. The van der Waals surface area contributed by atoms with Crippen LogP contribution in [0.1, 0.15) is 16.3 Å². The molecule has 0 aliphatic heterocycles. The summed E-state index contributed by atoms with van der Waals surface area (Å²) < 4.78 is 29.9. The summed E-state index contributed by atoms with van der Waals surface area (Å²) in [5.74, 6) is -1.27. The van der Waals surface area contributed by atoms with E-state index in [1.807, 2.05) is 0 Å².